The van der Waals surface area contributed by atoms with Gasteiger partial charge in [0.2, 0.25) is 0 Å². The Hall–Kier alpha value is -4.12. The molecule has 0 fully saturated rings. The Morgan fingerprint density at radius 2 is 0.727 bits per heavy atom. The molecule has 0 aliphatic heterocycles. The van der Waals surface area contributed by atoms with E-state index in [0.717, 1.165) is 22.3 Å². The van der Waals surface area contributed by atoms with Gasteiger partial charge in [-0.1, -0.05) is 0 Å². The zero-order valence-electron chi connectivity index (χ0n) is 24.2. The van der Waals surface area contributed by atoms with Crippen LogP contribution in [-0.4, -0.2) is 0 Å². The molecule has 0 saturated heterocycles. The molecule has 0 atom stereocenters. The molecule has 0 aromatic heterocycles. The van der Waals surface area contributed by atoms with E-state index in [0.29, 0.717) is 15.9 Å². The van der Waals surface area contributed by atoms with Gasteiger partial charge < -0.3 is 0 Å². The molecule has 220 valence electrons. The molecule has 0 aliphatic carbocycles. The van der Waals surface area contributed by atoms with Gasteiger partial charge in [-0.05, 0) is 0 Å². The van der Waals surface area contributed by atoms with Crippen LogP contribution in [0.4, 0.5) is 0 Å². The van der Waals surface area contributed by atoms with E-state index >= 15 is 0 Å². The fraction of sp³-hybridized carbons (Fsp3) is 0.0526. The first kappa shape index (κ1) is 29.9. The van der Waals surface area contributed by atoms with E-state index < -0.39 is 22.2 Å². The maximum atomic E-state index is 13.6. The molecule has 0 saturated carbocycles. The molecule has 0 bridgehead atoms. The average molecular weight is 619 g/mol. The van der Waals surface area contributed by atoms with Gasteiger partial charge >= 0.3 is 261 Å². The number of hydrogen-bond donors (Lipinski definition) is 0. The minimum atomic E-state index is -5.11. The average Bonchev–Trinajstić information content (AvgIpc) is 3.07. The summed E-state index contributed by atoms with van der Waals surface area (Å²) in [5, 5.41) is 0.411. The molecule has 0 N–H and O–H groups in total. The van der Waals surface area contributed by atoms with Gasteiger partial charge in [0.15, 0.2) is 0 Å². The van der Waals surface area contributed by atoms with E-state index in [4.69, 9.17) is 4.08 Å². The standard InChI is InChI=1S/C38H32ClO4P/c1-31-27-29-37(30-28-31)44(43-39(40,41)42,35-23-13-5-14-24-35,36-25-15-6-16-26-36)38(32-17-7-2-8-18-32,33-19-9-3-10-20-33)34-21-11-4-12-22-34/h2-30H,1H3. The van der Waals surface area contributed by atoms with Crippen molar-refractivity contribution in [1.82, 2.24) is 0 Å². The second-order valence-corrected chi connectivity index (χ2v) is 16.4. The fourth-order valence-electron chi connectivity index (χ4n) is 6.90. The summed E-state index contributed by atoms with van der Waals surface area (Å²) in [6, 6.07) is 56.0. The summed E-state index contributed by atoms with van der Waals surface area (Å²) in [6.45, 7) is -3.13. The van der Waals surface area contributed by atoms with Crippen molar-refractivity contribution in [2.45, 2.75) is 12.1 Å². The third kappa shape index (κ3) is 4.51. The van der Waals surface area contributed by atoms with Crippen molar-refractivity contribution in [3.8, 4) is 0 Å². The summed E-state index contributed by atoms with van der Waals surface area (Å²) in [7, 11) is -5.03. The van der Waals surface area contributed by atoms with Gasteiger partial charge in [-0.25, -0.2) is 0 Å². The Kier molecular flexibility index (Phi) is 8.00. The van der Waals surface area contributed by atoms with E-state index in [1.807, 2.05) is 183 Å². The Morgan fingerprint density at radius 3 is 1.05 bits per heavy atom. The molecule has 0 unspecified atom stereocenters. The van der Waals surface area contributed by atoms with E-state index in [-0.39, 0.29) is 0 Å². The van der Waals surface area contributed by atoms with Gasteiger partial charge in [0.05, 0.1) is 0 Å². The summed E-state index contributed by atoms with van der Waals surface area (Å²) in [4.78, 5) is 0. The Labute approximate surface area is 260 Å². The van der Waals surface area contributed by atoms with Crippen LogP contribution in [0.5, 0.6) is 0 Å². The molecule has 4 nitrogen and oxygen atoms in total. The molecule has 44 heavy (non-hydrogen) atoms. The van der Waals surface area contributed by atoms with Gasteiger partial charge in [0.1, 0.15) is 0 Å². The Balaban J connectivity index is 2.07. The Morgan fingerprint density at radius 1 is 0.432 bits per heavy atom. The van der Waals surface area contributed by atoms with Crippen LogP contribution in [0, 0.1) is 17.2 Å². The molecule has 0 heterocycles. The molecular formula is C38H32ClO4P. The van der Waals surface area contributed by atoms with Crippen LogP contribution in [0.1, 0.15) is 22.3 Å². The van der Waals surface area contributed by atoms with Gasteiger partial charge in [0.25, 0.3) is 0 Å². The maximum absolute atomic E-state index is 13.6. The van der Waals surface area contributed by atoms with Crippen LogP contribution in [0.2, 0.25) is 0 Å². The SMILES string of the molecule is Cc1ccc(P(O[Cl+3]([O-])([O-])[O-])(c2ccccc2)(c2ccccc2)C(c2ccccc2)(c2ccccc2)c2ccccc2)cc1. The first-order chi connectivity index (χ1) is 21.3. The second kappa shape index (κ2) is 11.8. The normalized spacial score (nSPS) is 13.1. The molecule has 6 aromatic rings. The van der Waals surface area contributed by atoms with Gasteiger partial charge in [-0.2, -0.15) is 0 Å². The molecule has 6 aromatic carbocycles. The van der Waals surface area contributed by atoms with Crippen LogP contribution in [-0.2, 0) is 9.23 Å². The number of aryl methyl sites for hydroxylation is 1. The summed E-state index contributed by atoms with van der Waals surface area (Å²) in [5.74, 6) is 0. The number of halogens is 1. The predicted molar refractivity (Wildman–Crippen MR) is 170 cm³/mol. The molecule has 0 spiro atoms. The third-order valence-electron chi connectivity index (χ3n) is 8.46. The molecule has 0 aliphatic rings. The van der Waals surface area contributed by atoms with Crippen molar-refractivity contribution in [1.29, 1.82) is 0 Å². The van der Waals surface area contributed by atoms with Crippen LogP contribution in [0.15, 0.2) is 176 Å². The first-order valence-corrected chi connectivity index (χ1v) is 17.7. The summed E-state index contributed by atoms with van der Waals surface area (Å²) in [6.07, 6.45) is 0. The molecule has 0 amide bonds. The summed E-state index contributed by atoms with van der Waals surface area (Å²) in [5.41, 5.74) is 3.32. The van der Waals surface area contributed by atoms with E-state index in [1.54, 1.807) is 0 Å². The zero-order chi connectivity index (χ0) is 30.7. The van der Waals surface area contributed by atoms with Crippen molar-refractivity contribution >= 4 is 22.7 Å². The molecule has 0 radical (unpaired) electrons. The fourth-order valence-corrected chi connectivity index (χ4v) is 15.8. The van der Waals surface area contributed by atoms with Crippen LogP contribution < -0.4 is 29.9 Å². The van der Waals surface area contributed by atoms with Crippen LogP contribution in [0.25, 0.3) is 0 Å². The van der Waals surface area contributed by atoms with Crippen molar-refractivity contribution in [3.63, 3.8) is 0 Å². The van der Waals surface area contributed by atoms with E-state index in [9.17, 15) is 14.0 Å². The van der Waals surface area contributed by atoms with Crippen molar-refractivity contribution in [2.24, 2.45) is 0 Å². The zero-order valence-corrected chi connectivity index (χ0v) is 25.9. The number of benzene rings is 6. The van der Waals surface area contributed by atoms with Crippen LogP contribution in [0.3, 0.4) is 0 Å². The molecular weight excluding hydrogens is 587 g/mol. The quantitative estimate of drug-likeness (QED) is 0.175. The number of hydrogen-bond acceptors (Lipinski definition) is 4. The van der Waals surface area contributed by atoms with Crippen molar-refractivity contribution in [2.75, 3.05) is 0 Å². The van der Waals surface area contributed by atoms with Crippen molar-refractivity contribution < 1.29 is 28.3 Å². The molecule has 6 heteroatoms. The van der Waals surface area contributed by atoms with E-state index in [1.165, 1.54) is 0 Å². The predicted octanol–water partition coefficient (Wildman–Crippen LogP) is 4.65. The Bertz CT molecular complexity index is 1680. The summed E-state index contributed by atoms with van der Waals surface area (Å²) >= 11 is 0. The van der Waals surface area contributed by atoms with Crippen molar-refractivity contribution in [3.05, 3.63) is 198 Å². The molecule has 6 rings (SSSR count). The monoisotopic (exact) mass is 618 g/mol. The van der Waals surface area contributed by atoms with Gasteiger partial charge in [-0.15, -0.1) is 0 Å². The van der Waals surface area contributed by atoms with Crippen LogP contribution >= 0.6 is 6.83 Å². The van der Waals surface area contributed by atoms with Gasteiger partial charge in [0, 0.05) is 0 Å². The minimum absolute atomic E-state index is 0.594. The summed E-state index contributed by atoms with van der Waals surface area (Å²) < 4.78 is 47.5. The topological polar surface area (TPSA) is 78.4 Å². The number of rotatable bonds is 9. The first-order valence-electron chi connectivity index (χ1n) is 14.3. The van der Waals surface area contributed by atoms with E-state index in [2.05, 4.69) is 0 Å². The third-order valence-corrected chi connectivity index (χ3v) is 16.1. The van der Waals surface area contributed by atoms with Gasteiger partial charge in [-0.3, -0.25) is 0 Å². The second-order valence-electron chi connectivity index (χ2n) is 10.8.